The summed E-state index contributed by atoms with van der Waals surface area (Å²) in [6, 6.07) is 9.46. The topological polar surface area (TPSA) is 112 Å². The van der Waals surface area contributed by atoms with Gasteiger partial charge in [-0.1, -0.05) is 6.07 Å². The third-order valence-corrected chi connectivity index (χ3v) is 4.88. The largest absolute Gasteiger partial charge is 0.483 e. The smallest absolute Gasteiger partial charge is 0.290 e. The summed E-state index contributed by atoms with van der Waals surface area (Å²) < 4.78 is 2.76. The zero-order valence-electron chi connectivity index (χ0n) is 13.7. The van der Waals surface area contributed by atoms with Gasteiger partial charge in [0.1, 0.15) is 6.07 Å². The molecule has 3 heterocycles. The Labute approximate surface area is 152 Å². The highest BCUT2D eigenvalue weighted by molar-refractivity contribution is 7.17. The number of aryl methyl sites for hydroxylation is 1. The first kappa shape index (κ1) is 17.6. The normalized spacial score (nSPS) is 13.1. The molecule has 1 amide bonds. The van der Waals surface area contributed by atoms with Gasteiger partial charge in [0.25, 0.3) is 12.4 Å². The Balaban J connectivity index is 0.000000613. The summed E-state index contributed by atoms with van der Waals surface area (Å²) in [5.74, 6) is 0.00741. The van der Waals surface area contributed by atoms with Crippen LogP contribution in [0.15, 0.2) is 29.8 Å². The Morgan fingerprint density at radius 1 is 1.38 bits per heavy atom. The summed E-state index contributed by atoms with van der Waals surface area (Å²) in [6.45, 7) is 1.63. The van der Waals surface area contributed by atoms with Crippen LogP contribution in [0.1, 0.15) is 28.2 Å². The monoisotopic (exact) mass is 369 g/mol. The van der Waals surface area contributed by atoms with Crippen molar-refractivity contribution >= 4 is 33.9 Å². The van der Waals surface area contributed by atoms with Gasteiger partial charge < -0.3 is 10.0 Å². The van der Waals surface area contributed by atoms with Crippen LogP contribution < -0.4 is 0 Å². The molecule has 0 aliphatic carbocycles. The van der Waals surface area contributed by atoms with Crippen molar-refractivity contribution in [1.29, 1.82) is 5.26 Å². The zero-order chi connectivity index (χ0) is 18.5. The molecule has 132 valence electrons. The molecule has 0 saturated carbocycles. The minimum absolute atomic E-state index is 0.00741. The lowest BCUT2D eigenvalue weighted by molar-refractivity contribution is -0.122. The summed E-state index contributed by atoms with van der Waals surface area (Å²) in [4.78, 5) is 27.4. The van der Waals surface area contributed by atoms with Gasteiger partial charge in [-0.15, -0.1) is 11.3 Å². The molecule has 0 atom stereocenters. The second kappa shape index (κ2) is 7.76. The first-order valence-electron chi connectivity index (χ1n) is 7.84. The maximum atomic E-state index is 13.0. The summed E-state index contributed by atoms with van der Waals surface area (Å²) in [5, 5.41) is 20.1. The molecule has 0 fully saturated rings. The molecular weight excluding hydrogens is 354 g/mol. The van der Waals surface area contributed by atoms with Gasteiger partial charge in [0.2, 0.25) is 0 Å². The van der Waals surface area contributed by atoms with Crippen LogP contribution in [0.25, 0.3) is 10.2 Å². The fourth-order valence-electron chi connectivity index (χ4n) is 2.92. The van der Waals surface area contributed by atoms with Crippen LogP contribution in [0, 0.1) is 11.3 Å². The fraction of sp³-hybridized carbons (Fsp3) is 0.235. The van der Waals surface area contributed by atoms with Gasteiger partial charge in [-0.25, -0.2) is 4.98 Å². The van der Waals surface area contributed by atoms with Gasteiger partial charge in [-0.3, -0.25) is 14.3 Å². The minimum atomic E-state index is -0.250. The third kappa shape index (κ3) is 3.41. The van der Waals surface area contributed by atoms with Crippen molar-refractivity contribution in [3.63, 3.8) is 0 Å². The Bertz CT molecular complexity index is 988. The molecule has 26 heavy (non-hydrogen) atoms. The maximum Gasteiger partial charge on any atom is 0.290 e. The molecule has 0 unspecified atom stereocenters. The summed E-state index contributed by atoms with van der Waals surface area (Å²) in [7, 11) is 0. The van der Waals surface area contributed by atoms with Crippen LogP contribution in [0.5, 0.6) is 0 Å². The Kier molecular flexibility index (Phi) is 5.24. The number of amides is 1. The fourth-order valence-corrected chi connectivity index (χ4v) is 3.71. The highest BCUT2D eigenvalue weighted by Crippen LogP contribution is 2.25. The van der Waals surface area contributed by atoms with Gasteiger partial charge in [-0.2, -0.15) is 10.4 Å². The van der Waals surface area contributed by atoms with Crippen LogP contribution in [0.3, 0.4) is 0 Å². The van der Waals surface area contributed by atoms with Gasteiger partial charge in [-0.05, 0) is 24.6 Å². The van der Waals surface area contributed by atoms with E-state index in [1.165, 1.54) is 11.3 Å². The van der Waals surface area contributed by atoms with E-state index in [2.05, 4.69) is 16.2 Å². The number of carbonyl (C=O) groups excluding carboxylic acids is 1. The highest BCUT2D eigenvalue weighted by Gasteiger charge is 2.23. The third-order valence-electron chi connectivity index (χ3n) is 4.00. The lowest BCUT2D eigenvalue weighted by Crippen LogP contribution is -2.30. The molecular formula is C17H15N5O3S. The second-order valence-corrected chi connectivity index (χ2v) is 6.40. The average molecular weight is 369 g/mol. The first-order chi connectivity index (χ1) is 12.7. The molecule has 0 radical (unpaired) electrons. The summed E-state index contributed by atoms with van der Waals surface area (Å²) in [5.41, 5.74) is 4.62. The summed E-state index contributed by atoms with van der Waals surface area (Å²) >= 11 is 1.49. The molecule has 1 aliphatic rings. The van der Waals surface area contributed by atoms with Crippen LogP contribution in [-0.2, 0) is 17.9 Å². The van der Waals surface area contributed by atoms with Crippen LogP contribution in [-0.4, -0.2) is 43.7 Å². The van der Waals surface area contributed by atoms with Crippen LogP contribution in [0.4, 0.5) is 0 Å². The number of fused-ring (bicyclic) bond motifs is 2. The first-order valence-corrected chi connectivity index (χ1v) is 8.72. The zero-order valence-corrected chi connectivity index (χ0v) is 14.5. The number of hydrogen-bond acceptors (Lipinski definition) is 6. The highest BCUT2D eigenvalue weighted by atomic mass is 32.1. The number of carboxylic acid groups (broad SMARTS) is 1. The quantitative estimate of drug-likeness (QED) is 0.658. The van der Waals surface area contributed by atoms with E-state index in [0.29, 0.717) is 24.3 Å². The molecule has 1 aliphatic heterocycles. The van der Waals surface area contributed by atoms with Gasteiger partial charge in [0.05, 0.1) is 33.5 Å². The minimum Gasteiger partial charge on any atom is -0.483 e. The van der Waals surface area contributed by atoms with Crippen molar-refractivity contribution in [2.75, 3.05) is 6.54 Å². The number of benzene rings is 1. The predicted molar refractivity (Wildman–Crippen MR) is 94.6 cm³/mol. The van der Waals surface area contributed by atoms with Crippen LogP contribution >= 0.6 is 11.3 Å². The standard InChI is InChI=1S/C16H13N5OS.CH2O2/c17-8-11-7-12-9-20(5-2-6-21(12)19-11)16(22)13-3-1-4-14-15(13)23-10-18-14;2-1-3/h1,3-4,7,10H,2,5-6,9H2;1H,(H,2,3). The van der Waals surface area contributed by atoms with Crippen molar-refractivity contribution in [2.24, 2.45) is 0 Å². The second-order valence-electron chi connectivity index (χ2n) is 5.55. The predicted octanol–water partition coefficient (Wildman–Crippen LogP) is 2.11. The van der Waals surface area contributed by atoms with Gasteiger partial charge >= 0.3 is 0 Å². The number of hydrogen-bond donors (Lipinski definition) is 1. The number of aromatic nitrogens is 3. The number of nitriles is 1. The Hall–Kier alpha value is -3.25. The Morgan fingerprint density at radius 2 is 2.19 bits per heavy atom. The SMILES string of the molecule is N#Cc1cc2n(n1)CCCN(C(=O)c1cccc3ncsc13)C2.O=CO. The van der Waals surface area contributed by atoms with Gasteiger partial charge in [0.15, 0.2) is 5.69 Å². The lowest BCUT2D eigenvalue weighted by atomic mass is 10.1. The average Bonchev–Trinajstić information content (AvgIpc) is 3.23. The van der Waals surface area contributed by atoms with E-state index in [1.807, 2.05) is 27.8 Å². The molecule has 4 rings (SSSR count). The molecule has 0 bridgehead atoms. The van der Waals surface area contributed by atoms with Gasteiger partial charge in [0, 0.05) is 13.1 Å². The summed E-state index contributed by atoms with van der Waals surface area (Å²) in [6.07, 6.45) is 0.823. The van der Waals surface area contributed by atoms with E-state index in [-0.39, 0.29) is 12.4 Å². The molecule has 9 heteroatoms. The van der Waals surface area contributed by atoms with E-state index >= 15 is 0 Å². The molecule has 2 aromatic heterocycles. The molecule has 1 N–H and O–H groups in total. The van der Waals surface area contributed by atoms with E-state index < -0.39 is 0 Å². The number of thiazole rings is 1. The van der Waals surface area contributed by atoms with Crippen molar-refractivity contribution < 1.29 is 14.7 Å². The van der Waals surface area contributed by atoms with Crippen LogP contribution in [0.2, 0.25) is 0 Å². The molecule has 8 nitrogen and oxygen atoms in total. The van der Waals surface area contributed by atoms with Crippen molar-refractivity contribution in [3.05, 3.63) is 46.7 Å². The molecule has 0 saturated heterocycles. The van der Waals surface area contributed by atoms with E-state index in [1.54, 1.807) is 11.6 Å². The maximum absolute atomic E-state index is 13.0. The van der Waals surface area contributed by atoms with Crippen molar-refractivity contribution in [2.45, 2.75) is 19.5 Å². The van der Waals surface area contributed by atoms with Crippen molar-refractivity contribution in [1.82, 2.24) is 19.7 Å². The van der Waals surface area contributed by atoms with E-state index in [0.717, 1.165) is 28.9 Å². The number of rotatable bonds is 1. The Morgan fingerprint density at radius 3 is 2.96 bits per heavy atom. The van der Waals surface area contributed by atoms with Crippen molar-refractivity contribution in [3.8, 4) is 6.07 Å². The lowest BCUT2D eigenvalue weighted by Gasteiger charge is -2.20. The number of carbonyl (C=O) groups is 2. The molecule has 0 spiro atoms. The molecule has 1 aromatic carbocycles. The van der Waals surface area contributed by atoms with E-state index in [4.69, 9.17) is 15.2 Å². The molecule has 3 aromatic rings. The van der Waals surface area contributed by atoms with E-state index in [9.17, 15) is 4.79 Å². The number of nitrogens with zero attached hydrogens (tertiary/aromatic N) is 5.